The first-order valence-corrected chi connectivity index (χ1v) is 7.73. The van der Waals surface area contributed by atoms with Crippen LogP contribution >= 0.6 is 0 Å². The third-order valence-electron chi connectivity index (χ3n) is 3.68. The van der Waals surface area contributed by atoms with Crippen molar-refractivity contribution in [3.63, 3.8) is 0 Å². The summed E-state index contributed by atoms with van der Waals surface area (Å²) >= 11 is 0. The summed E-state index contributed by atoms with van der Waals surface area (Å²) in [5.74, 6) is 0.846. The highest BCUT2D eigenvalue weighted by Gasteiger charge is 2.15. The molecule has 1 aromatic rings. The Balaban J connectivity index is 1.91. The van der Waals surface area contributed by atoms with Crippen molar-refractivity contribution in [2.45, 2.75) is 64.5 Å². The van der Waals surface area contributed by atoms with Crippen LogP contribution in [-0.2, 0) is 0 Å². The van der Waals surface area contributed by atoms with E-state index >= 15 is 0 Å². The quantitative estimate of drug-likeness (QED) is 0.846. The third-order valence-corrected chi connectivity index (χ3v) is 3.68. The maximum Gasteiger partial charge on any atom is 0.251 e. The molecule has 0 aromatic heterocycles. The van der Waals surface area contributed by atoms with Gasteiger partial charge in [0.1, 0.15) is 5.75 Å². The SMILES string of the molecule is CC(C)Oc1ccc(C(=O)NC2CCCCCC2)cc1. The first kappa shape index (κ1) is 14.9. The number of hydrogen-bond donors (Lipinski definition) is 1. The van der Waals surface area contributed by atoms with E-state index in [2.05, 4.69) is 5.32 Å². The summed E-state index contributed by atoms with van der Waals surface area (Å²) in [5.41, 5.74) is 0.713. The second-order valence-electron chi connectivity index (χ2n) is 5.85. The first-order valence-electron chi connectivity index (χ1n) is 7.73. The van der Waals surface area contributed by atoms with Gasteiger partial charge < -0.3 is 10.1 Å². The van der Waals surface area contributed by atoms with Crippen LogP contribution in [0.25, 0.3) is 0 Å². The lowest BCUT2D eigenvalue weighted by Crippen LogP contribution is -2.34. The average molecular weight is 275 g/mol. The van der Waals surface area contributed by atoms with Gasteiger partial charge >= 0.3 is 0 Å². The molecule has 0 heterocycles. The van der Waals surface area contributed by atoms with E-state index in [1.807, 2.05) is 38.1 Å². The minimum atomic E-state index is 0.0352. The van der Waals surface area contributed by atoms with Gasteiger partial charge in [0.15, 0.2) is 0 Å². The Kier molecular flexibility index (Phi) is 5.45. The Morgan fingerprint density at radius 1 is 1.10 bits per heavy atom. The molecule has 0 aliphatic heterocycles. The second kappa shape index (κ2) is 7.32. The van der Waals surface area contributed by atoms with Gasteiger partial charge in [0, 0.05) is 11.6 Å². The number of carbonyl (C=O) groups excluding carboxylic acids is 1. The van der Waals surface area contributed by atoms with Crippen LogP contribution in [0.3, 0.4) is 0 Å². The van der Waals surface area contributed by atoms with Crippen LogP contribution in [0.15, 0.2) is 24.3 Å². The molecule has 1 aromatic carbocycles. The monoisotopic (exact) mass is 275 g/mol. The largest absolute Gasteiger partial charge is 0.491 e. The smallest absolute Gasteiger partial charge is 0.251 e. The summed E-state index contributed by atoms with van der Waals surface area (Å²) in [5, 5.41) is 3.16. The molecular weight excluding hydrogens is 250 g/mol. The summed E-state index contributed by atoms with van der Waals surface area (Å²) in [6.07, 6.45) is 7.43. The van der Waals surface area contributed by atoms with E-state index in [0.29, 0.717) is 11.6 Å². The normalized spacial score (nSPS) is 16.8. The van der Waals surface area contributed by atoms with Crippen molar-refractivity contribution in [3.8, 4) is 5.75 Å². The average Bonchev–Trinajstić information content (AvgIpc) is 2.67. The Hall–Kier alpha value is -1.51. The van der Waals surface area contributed by atoms with E-state index in [-0.39, 0.29) is 12.0 Å². The molecular formula is C17H25NO2. The summed E-state index contributed by atoms with van der Waals surface area (Å²) in [7, 11) is 0. The Bertz CT molecular complexity index is 417. The first-order chi connectivity index (χ1) is 9.65. The number of benzene rings is 1. The van der Waals surface area contributed by atoms with Crippen molar-refractivity contribution in [2.75, 3.05) is 0 Å². The lowest BCUT2D eigenvalue weighted by Gasteiger charge is -2.16. The highest BCUT2D eigenvalue weighted by atomic mass is 16.5. The van der Waals surface area contributed by atoms with Crippen molar-refractivity contribution >= 4 is 5.91 Å². The minimum absolute atomic E-state index is 0.0352. The zero-order chi connectivity index (χ0) is 14.4. The number of nitrogens with one attached hydrogen (secondary N) is 1. The van der Waals surface area contributed by atoms with Gasteiger partial charge in [-0.1, -0.05) is 25.7 Å². The number of hydrogen-bond acceptors (Lipinski definition) is 2. The molecule has 2 rings (SSSR count). The molecule has 3 nitrogen and oxygen atoms in total. The number of rotatable bonds is 4. The molecule has 1 amide bonds. The summed E-state index contributed by atoms with van der Waals surface area (Å²) < 4.78 is 5.58. The molecule has 0 spiro atoms. The lowest BCUT2D eigenvalue weighted by molar-refractivity contribution is 0.0933. The number of ether oxygens (including phenoxy) is 1. The molecule has 1 saturated carbocycles. The van der Waals surface area contributed by atoms with Gasteiger partial charge in [0.05, 0.1) is 6.10 Å². The van der Waals surface area contributed by atoms with Crippen molar-refractivity contribution in [1.82, 2.24) is 5.32 Å². The van der Waals surface area contributed by atoms with Crippen molar-refractivity contribution in [1.29, 1.82) is 0 Å². The van der Waals surface area contributed by atoms with Gasteiger partial charge in [-0.25, -0.2) is 0 Å². The summed E-state index contributed by atoms with van der Waals surface area (Å²) in [6, 6.07) is 7.74. The number of carbonyl (C=O) groups is 1. The van der Waals surface area contributed by atoms with Gasteiger partial charge in [-0.15, -0.1) is 0 Å². The van der Waals surface area contributed by atoms with Gasteiger partial charge in [0.25, 0.3) is 5.91 Å². The van der Waals surface area contributed by atoms with Crippen LogP contribution in [0.1, 0.15) is 62.7 Å². The van der Waals surface area contributed by atoms with Crippen LogP contribution in [0.2, 0.25) is 0 Å². The molecule has 1 N–H and O–H groups in total. The fourth-order valence-corrected chi connectivity index (χ4v) is 2.65. The van der Waals surface area contributed by atoms with Gasteiger partial charge in [-0.3, -0.25) is 4.79 Å². The fourth-order valence-electron chi connectivity index (χ4n) is 2.65. The summed E-state index contributed by atoms with van der Waals surface area (Å²) in [4.78, 5) is 12.2. The molecule has 110 valence electrons. The van der Waals surface area contributed by atoms with Crippen LogP contribution in [0, 0.1) is 0 Å². The maximum absolute atomic E-state index is 12.2. The molecule has 20 heavy (non-hydrogen) atoms. The lowest BCUT2D eigenvalue weighted by atomic mass is 10.1. The topological polar surface area (TPSA) is 38.3 Å². The minimum Gasteiger partial charge on any atom is -0.491 e. The maximum atomic E-state index is 12.2. The van der Waals surface area contributed by atoms with Crippen molar-refractivity contribution < 1.29 is 9.53 Å². The standard InChI is InChI=1S/C17H25NO2/c1-13(2)20-16-11-9-14(10-12-16)17(19)18-15-7-5-3-4-6-8-15/h9-13,15H,3-8H2,1-2H3,(H,18,19). The van der Waals surface area contributed by atoms with Crippen molar-refractivity contribution in [3.05, 3.63) is 29.8 Å². The number of amides is 1. The van der Waals surface area contributed by atoms with Crippen LogP contribution in [0.5, 0.6) is 5.75 Å². The predicted octanol–water partition coefficient (Wildman–Crippen LogP) is 3.93. The zero-order valence-electron chi connectivity index (χ0n) is 12.5. The van der Waals surface area contributed by atoms with Crippen molar-refractivity contribution in [2.24, 2.45) is 0 Å². The molecule has 0 radical (unpaired) electrons. The van der Waals surface area contributed by atoms with Gasteiger partial charge in [-0.05, 0) is 51.0 Å². The van der Waals surface area contributed by atoms with E-state index in [1.165, 1.54) is 25.7 Å². The van der Waals surface area contributed by atoms with Crippen LogP contribution in [0.4, 0.5) is 0 Å². The molecule has 1 aliphatic carbocycles. The molecule has 1 fully saturated rings. The summed E-state index contributed by atoms with van der Waals surface area (Å²) in [6.45, 7) is 3.99. The third kappa shape index (κ3) is 4.55. The Morgan fingerprint density at radius 2 is 1.70 bits per heavy atom. The zero-order valence-corrected chi connectivity index (χ0v) is 12.5. The van der Waals surface area contributed by atoms with E-state index in [1.54, 1.807) is 0 Å². The van der Waals surface area contributed by atoms with E-state index < -0.39 is 0 Å². The predicted molar refractivity (Wildman–Crippen MR) is 81.2 cm³/mol. The van der Waals surface area contributed by atoms with Crippen LogP contribution in [-0.4, -0.2) is 18.1 Å². The molecule has 1 aliphatic rings. The van der Waals surface area contributed by atoms with E-state index in [4.69, 9.17) is 4.74 Å². The molecule has 0 saturated heterocycles. The fraction of sp³-hybridized carbons (Fsp3) is 0.588. The van der Waals surface area contributed by atoms with Gasteiger partial charge in [0.2, 0.25) is 0 Å². The van der Waals surface area contributed by atoms with E-state index in [9.17, 15) is 4.79 Å². The Labute approximate surface area is 121 Å². The van der Waals surface area contributed by atoms with E-state index in [0.717, 1.165) is 18.6 Å². The molecule has 0 unspecified atom stereocenters. The second-order valence-corrected chi connectivity index (χ2v) is 5.85. The van der Waals surface area contributed by atoms with Crippen LogP contribution < -0.4 is 10.1 Å². The Morgan fingerprint density at radius 3 is 2.25 bits per heavy atom. The molecule has 3 heteroatoms. The molecule has 0 bridgehead atoms. The highest BCUT2D eigenvalue weighted by molar-refractivity contribution is 5.94. The molecule has 0 atom stereocenters. The van der Waals surface area contributed by atoms with Gasteiger partial charge in [-0.2, -0.15) is 0 Å². The highest BCUT2D eigenvalue weighted by Crippen LogP contribution is 2.18.